The molecule has 10 nitrogen and oxygen atoms in total. The quantitative estimate of drug-likeness (QED) is 0.482. The second kappa shape index (κ2) is 11.6. The highest BCUT2D eigenvalue weighted by Gasteiger charge is 2.30. The molecule has 1 amide bonds. The summed E-state index contributed by atoms with van der Waals surface area (Å²) in [6.07, 6.45) is 0. The standard InChI is InChI=1S/C23H28N2O8S/c1-14(2)21(25-34(29,30)18-10-8-17(31-4)9-11-18)23(28)33-13-20(26)24-19-12-16(22(27)32-5)7-6-15(19)3/h6-12,14,21,25H,13H2,1-5H3,(H,24,26)/t21-/m0/s1. The summed E-state index contributed by atoms with van der Waals surface area (Å²) in [4.78, 5) is 36.6. The predicted molar refractivity (Wildman–Crippen MR) is 124 cm³/mol. The van der Waals surface area contributed by atoms with Gasteiger partial charge in [-0.15, -0.1) is 0 Å². The van der Waals surface area contributed by atoms with Crippen molar-refractivity contribution in [1.29, 1.82) is 0 Å². The zero-order valence-corrected chi connectivity index (χ0v) is 20.4. The maximum absolute atomic E-state index is 12.7. The summed E-state index contributed by atoms with van der Waals surface area (Å²) in [7, 11) is -1.33. The number of hydrogen-bond acceptors (Lipinski definition) is 8. The van der Waals surface area contributed by atoms with Crippen LogP contribution >= 0.6 is 0 Å². The Bertz CT molecular complexity index is 1140. The number of carbonyl (C=O) groups is 3. The van der Waals surface area contributed by atoms with E-state index in [2.05, 4.69) is 14.8 Å². The normalized spacial score (nSPS) is 12.1. The molecule has 0 aliphatic rings. The molecule has 0 aromatic heterocycles. The predicted octanol–water partition coefficient (Wildman–Crippen LogP) is 2.28. The van der Waals surface area contributed by atoms with E-state index in [1.54, 1.807) is 32.9 Å². The molecule has 34 heavy (non-hydrogen) atoms. The first-order valence-electron chi connectivity index (χ1n) is 10.3. The van der Waals surface area contributed by atoms with Gasteiger partial charge in [0.15, 0.2) is 6.61 Å². The Morgan fingerprint density at radius 2 is 1.65 bits per heavy atom. The molecule has 11 heteroatoms. The van der Waals surface area contributed by atoms with Gasteiger partial charge in [0.1, 0.15) is 11.8 Å². The van der Waals surface area contributed by atoms with Gasteiger partial charge in [-0.2, -0.15) is 4.72 Å². The fraction of sp³-hybridized carbons (Fsp3) is 0.348. The molecule has 184 valence electrons. The lowest BCUT2D eigenvalue weighted by molar-refractivity contribution is -0.150. The van der Waals surface area contributed by atoms with E-state index in [1.807, 2.05) is 0 Å². The van der Waals surface area contributed by atoms with Gasteiger partial charge < -0.3 is 19.5 Å². The molecule has 2 aromatic carbocycles. The topological polar surface area (TPSA) is 137 Å². The summed E-state index contributed by atoms with van der Waals surface area (Å²) in [5.74, 6) is -2.09. The summed E-state index contributed by atoms with van der Waals surface area (Å²) in [6, 6.07) is 9.09. The number of nitrogens with one attached hydrogen (secondary N) is 2. The largest absolute Gasteiger partial charge is 0.497 e. The number of methoxy groups -OCH3 is 2. The molecule has 0 radical (unpaired) electrons. The van der Waals surface area contributed by atoms with Crippen LogP contribution in [0.15, 0.2) is 47.4 Å². The molecule has 0 aliphatic carbocycles. The van der Waals surface area contributed by atoms with Gasteiger partial charge in [0.2, 0.25) is 10.0 Å². The molecule has 0 saturated heterocycles. The van der Waals surface area contributed by atoms with Crippen LogP contribution < -0.4 is 14.8 Å². The average molecular weight is 493 g/mol. The molecular weight excluding hydrogens is 464 g/mol. The van der Waals surface area contributed by atoms with Crippen molar-refractivity contribution in [3.63, 3.8) is 0 Å². The van der Waals surface area contributed by atoms with Gasteiger partial charge in [-0.3, -0.25) is 9.59 Å². The maximum Gasteiger partial charge on any atom is 0.337 e. The molecule has 2 rings (SSSR count). The SMILES string of the molecule is COC(=O)c1ccc(C)c(NC(=O)COC(=O)[C@@H](NS(=O)(=O)c2ccc(OC)cc2)C(C)C)c1. The molecule has 0 aliphatic heterocycles. The van der Waals surface area contributed by atoms with Crippen LogP contribution in [-0.2, 0) is 29.1 Å². The molecular formula is C23H28N2O8S. The molecule has 2 N–H and O–H groups in total. The first-order valence-corrected chi connectivity index (χ1v) is 11.8. The van der Waals surface area contributed by atoms with E-state index in [4.69, 9.17) is 9.47 Å². The van der Waals surface area contributed by atoms with Crippen molar-refractivity contribution in [1.82, 2.24) is 4.72 Å². The lowest BCUT2D eigenvalue weighted by atomic mass is 10.1. The van der Waals surface area contributed by atoms with Gasteiger partial charge in [-0.1, -0.05) is 19.9 Å². The van der Waals surface area contributed by atoms with Crippen LogP contribution in [0.2, 0.25) is 0 Å². The van der Waals surface area contributed by atoms with Gasteiger partial charge >= 0.3 is 11.9 Å². The highest BCUT2D eigenvalue weighted by Crippen LogP contribution is 2.19. The number of rotatable bonds is 10. The van der Waals surface area contributed by atoms with E-state index in [0.717, 1.165) is 0 Å². The number of carbonyl (C=O) groups excluding carboxylic acids is 3. The smallest absolute Gasteiger partial charge is 0.337 e. The van der Waals surface area contributed by atoms with Crippen molar-refractivity contribution in [3.05, 3.63) is 53.6 Å². The summed E-state index contributed by atoms with van der Waals surface area (Å²) in [5, 5.41) is 2.56. The Hall–Kier alpha value is -3.44. The number of anilines is 1. The third kappa shape index (κ3) is 7.03. The van der Waals surface area contributed by atoms with Gasteiger partial charge in [-0.25, -0.2) is 13.2 Å². The van der Waals surface area contributed by atoms with E-state index in [-0.39, 0.29) is 10.5 Å². The molecule has 0 heterocycles. The molecule has 1 atom stereocenters. The zero-order valence-electron chi connectivity index (χ0n) is 19.6. The summed E-state index contributed by atoms with van der Waals surface area (Å²) in [5.41, 5.74) is 1.28. The number of aryl methyl sites for hydroxylation is 1. The minimum atomic E-state index is -4.03. The van der Waals surface area contributed by atoms with Crippen LogP contribution in [0.1, 0.15) is 29.8 Å². The fourth-order valence-electron chi connectivity index (χ4n) is 2.86. The van der Waals surface area contributed by atoms with E-state index in [1.165, 1.54) is 44.6 Å². The van der Waals surface area contributed by atoms with Gasteiger partial charge in [-0.05, 0) is 54.8 Å². The summed E-state index contributed by atoms with van der Waals surface area (Å²) < 4.78 is 42.5. The van der Waals surface area contributed by atoms with Crippen molar-refractivity contribution in [2.24, 2.45) is 5.92 Å². The third-order valence-corrected chi connectivity index (χ3v) is 6.31. The second-order valence-corrected chi connectivity index (χ2v) is 9.41. The first-order chi connectivity index (χ1) is 16.0. The molecule has 0 spiro atoms. The lowest BCUT2D eigenvalue weighted by Crippen LogP contribution is -2.45. The van der Waals surface area contributed by atoms with Crippen molar-refractivity contribution in [2.45, 2.75) is 31.7 Å². The third-order valence-electron chi connectivity index (χ3n) is 4.85. The summed E-state index contributed by atoms with van der Waals surface area (Å²) in [6.45, 7) is 4.37. The van der Waals surface area contributed by atoms with Gasteiger partial charge in [0.05, 0.1) is 24.7 Å². The average Bonchev–Trinajstić information content (AvgIpc) is 2.81. The molecule has 2 aromatic rings. The van der Waals surface area contributed by atoms with Crippen LogP contribution in [0.25, 0.3) is 0 Å². The highest BCUT2D eigenvalue weighted by molar-refractivity contribution is 7.89. The maximum atomic E-state index is 12.7. The number of benzene rings is 2. The Balaban J connectivity index is 2.04. The van der Waals surface area contributed by atoms with Crippen LogP contribution in [0, 0.1) is 12.8 Å². The summed E-state index contributed by atoms with van der Waals surface area (Å²) >= 11 is 0. The second-order valence-electron chi connectivity index (χ2n) is 7.70. The minimum Gasteiger partial charge on any atom is -0.497 e. The van der Waals surface area contributed by atoms with Crippen molar-refractivity contribution >= 4 is 33.6 Å². The molecule has 0 unspecified atom stereocenters. The van der Waals surface area contributed by atoms with Crippen molar-refractivity contribution in [3.8, 4) is 5.75 Å². The minimum absolute atomic E-state index is 0.0505. The van der Waals surface area contributed by atoms with Crippen molar-refractivity contribution in [2.75, 3.05) is 26.1 Å². The van der Waals surface area contributed by atoms with E-state index < -0.39 is 46.4 Å². The molecule has 0 bridgehead atoms. The number of amides is 1. The van der Waals surface area contributed by atoms with Crippen LogP contribution in [0.4, 0.5) is 5.69 Å². The highest BCUT2D eigenvalue weighted by atomic mass is 32.2. The lowest BCUT2D eigenvalue weighted by Gasteiger charge is -2.21. The fourth-order valence-corrected chi connectivity index (χ4v) is 4.19. The Labute approximate surface area is 198 Å². The van der Waals surface area contributed by atoms with E-state index in [0.29, 0.717) is 17.0 Å². The van der Waals surface area contributed by atoms with Crippen LogP contribution in [-0.4, -0.2) is 53.1 Å². The number of ether oxygens (including phenoxy) is 3. The Morgan fingerprint density at radius 1 is 1.00 bits per heavy atom. The van der Waals surface area contributed by atoms with E-state index in [9.17, 15) is 22.8 Å². The Morgan fingerprint density at radius 3 is 2.21 bits per heavy atom. The van der Waals surface area contributed by atoms with Gasteiger partial charge in [0.25, 0.3) is 5.91 Å². The van der Waals surface area contributed by atoms with E-state index >= 15 is 0 Å². The number of esters is 2. The number of sulfonamides is 1. The molecule has 0 fully saturated rings. The van der Waals surface area contributed by atoms with Crippen LogP contribution in [0.3, 0.4) is 0 Å². The first kappa shape index (κ1) is 26.8. The van der Waals surface area contributed by atoms with Crippen molar-refractivity contribution < 1.29 is 37.0 Å². The molecule has 0 saturated carbocycles. The zero-order chi connectivity index (χ0) is 25.5. The number of hydrogen-bond donors (Lipinski definition) is 2. The Kier molecular flexibility index (Phi) is 9.16. The monoisotopic (exact) mass is 492 g/mol. The van der Waals surface area contributed by atoms with Gasteiger partial charge in [0, 0.05) is 5.69 Å². The van der Waals surface area contributed by atoms with Crippen LogP contribution in [0.5, 0.6) is 5.75 Å².